The fourth-order valence-electron chi connectivity index (χ4n) is 3.91. The number of halogens is 2. The Labute approximate surface area is 171 Å². The molecule has 30 heavy (non-hydrogen) atoms. The molecule has 3 aromatic rings. The average molecular weight is 416 g/mol. The third kappa shape index (κ3) is 4.10. The van der Waals surface area contributed by atoms with Crippen LogP contribution < -0.4 is 5.56 Å². The van der Waals surface area contributed by atoms with E-state index in [0.29, 0.717) is 23.3 Å². The van der Waals surface area contributed by atoms with Crippen LogP contribution in [0.15, 0.2) is 35.3 Å². The highest BCUT2D eigenvalue weighted by Gasteiger charge is 2.36. The van der Waals surface area contributed by atoms with Crippen molar-refractivity contribution in [3.63, 3.8) is 0 Å². The first kappa shape index (κ1) is 20.2. The first-order chi connectivity index (χ1) is 14.4. The maximum Gasteiger partial charge on any atom is 0.309 e. The van der Waals surface area contributed by atoms with E-state index in [1.54, 1.807) is 4.68 Å². The number of H-pyrrole nitrogens is 1. The Morgan fingerprint density at radius 1 is 1.27 bits per heavy atom. The molecule has 1 aromatic carbocycles. The molecule has 0 amide bonds. The number of aromatic amines is 1. The molecular weight excluding hydrogens is 394 g/mol. The van der Waals surface area contributed by atoms with Crippen molar-refractivity contribution < 1.29 is 18.3 Å². The summed E-state index contributed by atoms with van der Waals surface area (Å²) in [7, 11) is 1.33. The van der Waals surface area contributed by atoms with Gasteiger partial charge in [0.05, 0.1) is 25.8 Å². The molecule has 1 aliphatic rings. The molecule has 0 bridgehead atoms. The van der Waals surface area contributed by atoms with Gasteiger partial charge in [0.15, 0.2) is 5.65 Å². The minimum Gasteiger partial charge on any atom is -0.469 e. The number of nitrogens with one attached hydrogen (secondary N) is 1. The molecule has 7 nitrogen and oxygen atoms in total. The molecule has 1 saturated carbocycles. The van der Waals surface area contributed by atoms with Gasteiger partial charge in [-0.25, -0.2) is 18.4 Å². The van der Waals surface area contributed by atoms with E-state index < -0.39 is 5.92 Å². The molecule has 1 fully saturated rings. The number of alkyl halides is 2. The number of ether oxygens (including phenoxy) is 1. The molecule has 0 radical (unpaired) electrons. The summed E-state index contributed by atoms with van der Waals surface area (Å²) in [5.41, 5.74) is 1.70. The van der Waals surface area contributed by atoms with Crippen LogP contribution in [0.1, 0.15) is 48.7 Å². The number of carbonyl (C=O) groups is 1. The third-order valence-corrected chi connectivity index (χ3v) is 5.58. The van der Waals surface area contributed by atoms with Crippen LogP contribution in [-0.4, -0.2) is 38.8 Å². The average Bonchev–Trinajstić information content (AvgIpc) is 3.14. The van der Waals surface area contributed by atoms with Crippen LogP contribution in [0.2, 0.25) is 0 Å². The zero-order valence-electron chi connectivity index (χ0n) is 16.5. The summed E-state index contributed by atoms with van der Waals surface area (Å²) in [4.78, 5) is 31.6. The van der Waals surface area contributed by atoms with E-state index in [1.807, 2.05) is 24.3 Å². The minimum atomic E-state index is -2.64. The molecule has 0 saturated heterocycles. The third-order valence-electron chi connectivity index (χ3n) is 5.58. The lowest BCUT2D eigenvalue weighted by Gasteiger charge is -2.28. The molecule has 158 valence electrons. The Bertz CT molecular complexity index is 1130. The maximum atomic E-state index is 13.5. The summed E-state index contributed by atoms with van der Waals surface area (Å²) in [6.07, 6.45) is 2.04. The number of methoxy groups -OCH3 is 1. The van der Waals surface area contributed by atoms with Gasteiger partial charge < -0.3 is 9.72 Å². The van der Waals surface area contributed by atoms with Crippen molar-refractivity contribution in [1.29, 1.82) is 0 Å². The van der Waals surface area contributed by atoms with E-state index in [4.69, 9.17) is 4.74 Å². The maximum absolute atomic E-state index is 13.5. The van der Waals surface area contributed by atoms with Gasteiger partial charge in [-0.1, -0.05) is 24.3 Å². The first-order valence-corrected chi connectivity index (χ1v) is 9.84. The SMILES string of the molecule is COC(=O)Cc1ccccc1Cc1nc2c(cnn2C2CCC(F)(F)CC2)c(=O)[nH]1. The molecule has 0 aliphatic heterocycles. The van der Waals surface area contributed by atoms with Crippen molar-refractivity contribution in [2.75, 3.05) is 7.11 Å². The number of hydrogen-bond acceptors (Lipinski definition) is 5. The standard InChI is InChI=1S/C21H22F2N4O3/c1-30-18(28)11-14-5-3-2-4-13(14)10-17-25-19-16(20(29)26-17)12-24-27(19)15-6-8-21(22,23)9-7-15/h2-5,12,15H,6-11H2,1H3,(H,25,26,29). The highest BCUT2D eigenvalue weighted by Crippen LogP contribution is 2.38. The number of aromatic nitrogens is 4. The lowest BCUT2D eigenvalue weighted by atomic mass is 9.92. The number of benzene rings is 1. The van der Waals surface area contributed by atoms with Crippen LogP contribution in [-0.2, 0) is 22.4 Å². The summed E-state index contributed by atoms with van der Waals surface area (Å²) in [6, 6.07) is 7.16. The lowest BCUT2D eigenvalue weighted by Crippen LogP contribution is -2.27. The normalized spacial score (nSPS) is 16.6. The molecule has 0 unspecified atom stereocenters. The molecule has 1 aliphatic carbocycles. The second kappa shape index (κ2) is 7.97. The predicted molar refractivity (Wildman–Crippen MR) is 106 cm³/mol. The highest BCUT2D eigenvalue weighted by molar-refractivity contribution is 5.74. The van der Waals surface area contributed by atoms with Crippen molar-refractivity contribution in [3.8, 4) is 0 Å². The Morgan fingerprint density at radius 3 is 2.67 bits per heavy atom. The number of nitrogens with zero attached hydrogens (tertiary/aromatic N) is 3. The number of carbonyl (C=O) groups excluding carboxylic acids is 1. The van der Waals surface area contributed by atoms with E-state index in [1.165, 1.54) is 13.3 Å². The summed E-state index contributed by atoms with van der Waals surface area (Å²) >= 11 is 0. The van der Waals surface area contributed by atoms with Crippen LogP contribution in [0.4, 0.5) is 8.78 Å². The van der Waals surface area contributed by atoms with E-state index in [-0.39, 0.29) is 49.7 Å². The second-order valence-electron chi connectivity index (χ2n) is 7.62. The minimum absolute atomic E-state index is 0.118. The molecule has 9 heteroatoms. The Morgan fingerprint density at radius 2 is 1.97 bits per heavy atom. The zero-order valence-corrected chi connectivity index (χ0v) is 16.5. The summed E-state index contributed by atoms with van der Waals surface area (Å²) in [5, 5.41) is 4.60. The van der Waals surface area contributed by atoms with Crippen molar-refractivity contribution in [2.24, 2.45) is 0 Å². The van der Waals surface area contributed by atoms with Gasteiger partial charge in [-0.3, -0.25) is 9.59 Å². The van der Waals surface area contributed by atoms with Crippen LogP contribution in [0.3, 0.4) is 0 Å². The highest BCUT2D eigenvalue weighted by atomic mass is 19.3. The van der Waals surface area contributed by atoms with Crippen molar-refractivity contribution in [2.45, 2.75) is 50.5 Å². The van der Waals surface area contributed by atoms with Crippen LogP contribution >= 0.6 is 0 Å². The topological polar surface area (TPSA) is 89.9 Å². The van der Waals surface area contributed by atoms with E-state index >= 15 is 0 Å². The fraction of sp³-hybridized carbons (Fsp3) is 0.429. The predicted octanol–water partition coefficient (Wildman–Crippen LogP) is 3.18. The number of esters is 1. The molecular formula is C21H22F2N4O3. The largest absolute Gasteiger partial charge is 0.469 e. The molecule has 1 N–H and O–H groups in total. The second-order valence-corrected chi connectivity index (χ2v) is 7.62. The summed E-state index contributed by atoms with van der Waals surface area (Å²) in [6.45, 7) is 0. The van der Waals surface area contributed by atoms with Crippen LogP contribution in [0.25, 0.3) is 11.0 Å². The Kier molecular flexibility index (Phi) is 5.36. The van der Waals surface area contributed by atoms with Gasteiger partial charge in [0.25, 0.3) is 5.56 Å². The van der Waals surface area contributed by atoms with Gasteiger partial charge in [0.2, 0.25) is 5.92 Å². The first-order valence-electron chi connectivity index (χ1n) is 9.84. The number of rotatable bonds is 5. The lowest BCUT2D eigenvalue weighted by molar-refractivity contribution is -0.139. The van der Waals surface area contributed by atoms with E-state index in [9.17, 15) is 18.4 Å². The van der Waals surface area contributed by atoms with Crippen molar-refractivity contribution in [3.05, 3.63) is 57.8 Å². The van der Waals surface area contributed by atoms with Crippen molar-refractivity contribution >= 4 is 17.0 Å². The number of hydrogen-bond donors (Lipinski definition) is 1. The monoisotopic (exact) mass is 416 g/mol. The Hall–Kier alpha value is -3.10. The van der Waals surface area contributed by atoms with Gasteiger partial charge in [-0.15, -0.1) is 0 Å². The van der Waals surface area contributed by atoms with Gasteiger partial charge in [-0.2, -0.15) is 5.10 Å². The van der Waals surface area contributed by atoms with Crippen LogP contribution in [0.5, 0.6) is 0 Å². The van der Waals surface area contributed by atoms with E-state index in [2.05, 4.69) is 15.1 Å². The quantitative estimate of drug-likeness (QED) is 0.646. The molecule has 4 rings (SSSR count). The summed E-state index contributed by atoms with van der Waals surface area (Å²) in [5.74, 6) is -2.57. The molecule has 2 aromatic heterocycles. The summed E-state index contributed by atoms with van der Waals surface area (Å²) < 4.78 is 33.4. The van der Waals surface area contributed by atoms with Crippen LogP contribution in [0, 0.1) is 0 Å². The zero-order chi connectivity index (χ0) is 21.3. The Balaban J connectivity index is 1.65. The van der Waals surface area contributed by atoms with Crippen molar-refractivity contribution in [1.82, 2.24) is 19.7 Å². The van der Waals surface area contributed by atoms with Gasteiger partial charge in [0.1, 0.15) is 11.2 Å². The fourth-order valence-corrected chi connectivity index (χ4v) is 3.91. The van der Waals surface area contributed by atoms with Gasteiger partial charge >= 0.3 is 5.97 Å². The number of fused-ring (bicyclic) bond motifs is 1. The smallest absolute Gasteiger partial charge is 0.309 e. The van der Waals surface area contributed by atoms with Gasteiger partial charge in [0, 0.05) is 19.3 Å². The molecule has 2 heterocycles. The molecule has 0 spiro atoms. The molecule has 0 atom stereocenters. The van der Waals surface area contributed by atoms with Gasteiger partial charge in [-0.05, 0) is 24.0 Å². The van der Waals surface area contributed by atoms with E-state index in [0.717, 1.165) is 11.1 Å².